The molecule has 0 amide bonds. The van der Waals surface area contributed by atoms with Crippen LogP contribution in [0.2, 0.25) is 0 Å². The molecule has 5 nitrogen and oxygen atoms in total. The molecule has 0 aliphatic rings. The monoisotopic (exact) mass is 178 g/mol. The average molecular weight is 178 g/mol. The lowest BCUT2D eigenvalue weighted by molar-refractivity contribution is -0.138. The standard InChI is InChI=1S/C4H8O3.C3H6O2/c5-3-1-2-4(6)7;1-2-3(4)5/h5H,1-3H2,(H,6,7);2H2,1H3,(H,4,5). The Hall–Kier alpha value is -1.10. The van der Waals surface area contributed by atoms with Crippen molar-refractivity contribution in [2.24, 2.45) is 0 Å². The number of hydrogen-bond acceptors (Lipinski definition) is 3. The molecule has 0 aliphatic heterocycles. The first-order valence-corrected chi connectivity index (χ1v) is 3.59. The maximum Gasteiger partial charge on any atom is 0.303 e. The predicted molar refractivity (Wildman–Crippen MR) is 41.9 cm³/mol. The first-order valence-electron chi connectivity index (χ1n) is 3.59. The zero-order valence-electron chi connectivity index (χ0n) is 6.99. The van der Waals surface area contributed by atoms with Crippen molar-refractivity contribution in [1.29, 1.82) is 0 Å². The van der Waals surface area contributed by atoms with E-state index in [2.05, 4.69) is 0 Å². The van der Waals surface area contributed by atoms with Gasteiger partial charge < -0.3 is 15.3 Å². The number of hydrogen-bond donors (Lipinski definition) is 3. The lowest BCUT2D eigenvalue weighted by Crippen LogP contribution is -1.95. The molecule has 0 bridgehead atoms. The van der Waals surface area contributed by atoms with Gasteiger partial charge in [0.2, 0.25) is 0 Å². The summed E-state index contributed by atoms with van der Waals surface area (Å²) in [5, 5.41) is 23.7. The van der Waals surface area contributed by atoms with Crippen LogP contribution in [0.5, 0.6) is 0 Å². The molecule has 0 aromatic carbocycles. The molecule has 0 heterocycles. The van der Waals surface area contributed by atoms with Crippen molar-refractivity contribution >= 4 is 11.9 Å². The molecule has 72 valence electrons. The summed E-state index contributed by atoms with van der Waals surface area (Å²) in [5.41, 5.74) is 0. The number of carboxylic acid groups (broad SMARTS) is 2. The number of aliphatic hydroxyl groups excluding tert-OH is 1. The van der Waals surface area contributed by atoms with Crippen LogP contribution in [-0.4, -0.2) is 33.9 Å². The Bertz CT molecular complexity index is 132. The van der Waals surface area contributed by atoms with Gasteiger partial charge in [0.25, 0.3) is 0 Å². The summed E-state index contributed by atoms with van der Waals surface area (Å²) in [4.78, 5) is 19.0. The first-order chi connectivity index (χ1) is 5.54. The molecule has 0 spiro atoms. The van der Waals surface area contributed by atoms with Gasteiger partial charge in [-0.1, -0.05) is 6.92 Å². The van der Waals surface area contributed by atoms with E-state index in [-0.39, 0.29) is 19.4 Å². The number of carbonyl (C=O) groups is 2. The van der Waals surface area contributed by atoms with Crippen LogP contribution in [0.1, 0.15) is 26.2 Å². The molecular formula is C7H14O5. The topological polar surface area (TPSA) is 94.8 Å². The lowest BCUT2D eigenvalue weighted by Gasteiger charge is -1.85. The van der Waals surface area contributed by atoms with Crippen LogP contribution in [0.15, 0.2) is 0 Å². The highest BCUT2D eigenvalue weighted by molar-refractivity contribution is 5.66. The molecule has 0 unspecified atom stereocenters. The van der Waals surface area contributed by atoms with Crippen molar-refractivity contribution in [3.8, 4) is 0 Å². The van der Waals surface area contributed by atoms with E-state index in [0.717, 1.165) is 0 Å². The van der Waals surface area contributed by atoms with Gasteiger partial charge in [-0.3, -0.25) is 9.59 Å². The van der Waals surface area contributed by atoms with Crippen LogP contribution in [0, 0.1) is 0 Å². The number of rotatable bonds is 4. The van der Waals surface area contributed by atoms with E-state index in [9.17, 15) is 9.59 Å². The Balaban J connectivity index is 0. The van der Waals surface area contributed by atoms with Crippen LogP contribution in [0.3, 0.4) is 0 Å². The SMILES string of the molecule is CCC(=O)O.O=C(O)CCCO. The van der Waals surface area contributed by atoms with Crippen molar-refractivity contribution in [3.05, 3.63) is 0 Å². The predicted octanol–water partition coefficient (Wildman–Crippen LogP) is 0.324. The molecule has 0 radical (unpaired) electrons. The maximum absolute atomic E-state index is 9.65. The van der Waals surface area contributed by atoms with E-state index < -0.39 is 11.9 Å². The molecule has 12 heavy (non-hydrogen) atoms. The summed E-state index contributed by atoms with van der Waals surface area (Å²) in [6.07, 6.45) is 0.645. The minimum absolute atomic E-state index is 0.0354. The van der Waals surface area contributed by atoms with Gasteiger partial charge in [0.15, 0.2) is 0 Å². The zero-order valence-corrected chi connectivity index (χ0v) is 6.99. The minimum atomic E-state index is -0.853. The van der Waals surface area contributed by atoms with E-state index in [1.807, 2.05) is 0 Å². The molecule has 0 rings (SSSR count). The third kappa shape index (κ3) is 23.1. The summed E-state index contributed by atoms with van der Waals surface area (Å²) < 4.78 is 0. The van der Waals surface area contributed by atoms with Gasteiger partial charge in [-0.2, -0.15) is 0 Å². The van der Waals surface area contributed by atoms with Gasteiger partial charge in [-0.05, 0) is 6.42 Å². The van der Waals surface area contributed by atoms with Crippen molar-refractivity contribution < 1.29 is 24.9 Å². The molecule has 3 N–H and O–H groups in total. The Morgan fingerprint density at radius 2 is 1.58 bits per heavy atom. The molecule has 0 saturated carbocycles. The van der Waals surface area contributed by atoms with Crippen molar-refractivity contribution in [3.63, 3.8) is 0 Å². The van der Waals surface area contributed by atoms with Crippen LogP contribution in [-0.2, 0) is 9.59 Å². The van der Waals surface area contributed by atoms with Gasteiger partial charge in [0.1, 0.15) is 0 Å². The van der Waals surface area contributed by atoms with Crippen molar-refractivity contribution in [2.75, 3.05) is 6.61 Å². The fraction of sp³-hybridized carbons (Fsp3) is 0.714. The Kier molecular flexibility index (Phi) is 11.1. The number of aliphatic carboxylic acids is 2. The summed E-state index contributed by atoms with van der Waals surface area (Å²) in [5.74, 6) is -1.60. The smallest absolute Gasteiger partial charge is 0.303 e. The van der Waals surface area contributed by atoms with Crippen LogP contribution < -0.4 is 0 Å². The highest BCUT2D eigenvalue weighted by atomic mass is 16.4. The van der Waals surface area contributed by atoms with E-state index in [0.29, 0.717) is 6.42 Å². The fourth-order valence-electron chi connectivity index (χ4n) is 0.230. The van der Waals surface area contributed by atoms with E-state index in [1.54, 1.807) is 6.92 Å². The third-order valence-corrected chi connectivity index (χ3v) is 0.851. The van der Waals surface area contributed by atoms with Gasteiger partial charge in [-0.15, -0.1) is 0 Å². The Morgan fingerprint density at radius 1 is 1.17 bits per heavy atom. The van der Waals surface area contributed by atoms with Crippen LogP contribution in [0.25, 0.3) is 0 Å². The molecule has 0 atom stereocenters. The fourth-order valence-corrected chi connectivity index (χ4v) is 0.230. The molecule has 0 fully saturated rings. The zero-order chi connectivity index (χ0) is 9.98. The van der Waals surface area contributed by atoms with Gasteiger partial charge in [0, 0.05) is 19.4 Å². The Labute approximate surface area is 70.6 Å². The largest absolute Gasteiger partial charge is 0.481 e. The normalized spacial score (nSPS) is 8.17. The highest BCUT2D eigenvalue weighted by Crippen LogP contribution is 1.83. The molecular weight excluding hydrogens is 164 g/mol. The minimum Gasteiger partial charge on any atom is -0.481 e. The van der Waals surface area contributed by atoms with Crippen LogP contribution >= 0.6 is 0 Å². The highest BCUT2D eigenvalue weighted by Gasteiger charge is 1.91. The van der Waals surface area contributed by atoms with E-state index in [4.69, 9.17) is 15.3 Å². The quantitative estimate of drug-likeness (QED) is 0.576. The summed E-state index contributed by atoms with van der Waals surface area (Å²) in [7, 11) is 0. The van der Waals surface area contributed by atoms with E-state index in [1.165, 1.54) is 0 Å². The second kappa shape index (κ2) is 9.90. The second-order valence-corrected chi connectivity index (χ2v) is 1.97. The van der Waals surface area contributed by atoms with Gasteiger partial charge in [0.05, 0.1) is 0 Å². The summed E-state index contributed by atoms with van der Waals surface area (Å²) in [6, 6.07) is 0. The molecule has 0 aliphatic carbocycles. The molecule has 0 saturated heterocycles. The van der Waals surface area contributed by atoms with Gasteiger partial charge >= 0.3 is 11.9 Å². The summed E-state index contributed by atoms with van der Waals surface area (Å²) in [6.45, 7) is 1.56. The van der Waals surface area contributed by atoms with Crippen molar-refractivity contribution in [2.45, 2.75) is 26.2 Å². The third-order valence-electron chi connectivity index (χ3n) is 0.851. The van der Waals surface area contributed by atoms with Crippen LogP contribution in [0.4, 0.5) is 0 Å². The van der Waals surface area contributed by atoms with E-state index >= 15 is 0 Å². The maximum atomic E-state index is 9.65. The molecule has 5 heteroatoms. The van der Waals surface area contributed by atoms with Crippen molar-refractivity contribution in [1.82, 2.24) is 0 Å². The first kappa shape index (κ1) is 13.5. The second-order valence-electron chi connectivity index (χ2n) is 1.97. The molecule has 0 aromatic heterocycles. The lowest BCUT2D eigenvalue weighted by atomic mass is 10.3. The number of aliphatic hydroxyl groups is 1. The average Bonchev–Trinajstić information content (AvgIpc) is 2.02. The summed E-state index contributed by atoms with van der Waals surface area (Å²) >= 11 is 0. The number of carboxylic acids is 2. The Morgan fingerprint density at radius 3 is 1.67 bits per heavy atom. The van der Waals surface area contributed by atoms with Gasteiger partial charge in [-0.25, -0.2) is 0 Å². The molecule has 0 aromatic rings.